The van der Waals surface area contributed by atoms with E-state index >= 15 is 0 Å². The summed E-state index contributed by atoms with van der Waals surface area (Å²) in [4.78, 5) is 8.40. The van der Waals surface area contributed by atoms with Crippen molar-refractivity contribution >= 4 is 29.9 Å². The zero-order valence-corrected chi connectivity index (χ0v) is 14.5. The van der Waals surface area contributed by atoms with Gasteiger partial charge >= 0.3 is 0 Å². The van der Waals surface area contributed by atoms with Crippen LogP contribution in [0.15, 0.2) is 17.4 Å². The summed E-state index contributed by atoms with van der Waals surface area (Å²) in [6.45, 7) is 5.42. The average molecular weight is 393 g/mol. The van der Waals surface area contributed by atoms with Crippen LogP contribution in [0.4, 0.5) is 0 Å². The van der Waals surface area contributed by atoms with Gasteiger partial charge in [0, 0.05) is 45.7 Å². The molecule has 20 heavy (non-hydrogen) atoms. The second kappa shape index (κ2) is 9.17. The van der Waals surface area contributed by atoms with Gasteiger partial charge in [0.05, 0.1) is 6.10 Å². The molecule has 2 N–H and O–H groups in total. The number of nitrogens with one attached hydrogen (secondary N) is 2. The lowest BCUT2D eigenvalue weighted by atomic mass is 10.2. The van der Waals surface area contributed by atoms with E-state index in [0.29, 0.717) is 6.10 Å². The lowest BCUT2D eigenvalue weighted by Crippen LogP contribution is -2.42. The van der Waals surface area contributed by atoms with Crippen molar-refractivity contribution in [2.75, 3.05) is 26.7 Å². The van der Waals surface area contributed by atoms with E-state index < -0.39 is 0 Å². The Balaban J connectivity index is 0.00000200. The van der Waals surface area contributed by atoms with Crippen molar-refractivity contribution in [3.8, 4) is 0 Å². The maximum absolute atomic E-state index is 5.57. The van der Waals surface area contributed by atoms with Crippen LogP contribution in [0, 0.1) is 6.92 Å². The van der Waals surface area contributed by atoms with Gasteiger partial charge in [-0.25, -0.2) is 4.98 Å². The van der Waals surface area contributed by atoms with E-state index in [4.69, 9.17) is 4.74 Å². The molecule has 0 amide bonds. The second-order valence-electron chi connectivity index (χ2n) is 4.68. The predicted octanol–water partition coefficient (Wildman–Crippen LogP) is 1.15. The predicted molar refractivity (Wildman–Crippen MR) is 90.7 cm³/mol. The number of rotatable bonds is 5. The molecule has 1 saturated heterocycles. The fourth-order valence-corrected chi connectivity index (χ4v) is 2.17. The number of halogens is 1. The Hall–Kier alpha value is -0.830. The third kappa shape index (κ3) is 5.28. The lowest BCUT2D eigenvalue weighted by Gasteiger charge is -2.15. The SMILES string of the molecule is CN=C(NCCn1ccnc1C)NCC1CCCO1.I. The van der Waals surface area contributed by atoms with Crippen molar-refractivity contribution in [1.29, 1.82) is 0 Å². The molecule has 0 saturated carbocycles. The Morgan fingerprint density at radius 2 is 2.40 bits per heavy atom. The molecule has 2 heterocycles. The fourth-order valence-electron chi connectivity index (χ4n) is 2.17. The zero-order valence-electron chi connectivity index (χ0n) is 12.1. The third-order valence-corrected chi connectivity index (χ3v) is 3.31. The van der Waals surface area contributed by atoms with Crippen LogP contribution in [0.25, 0.3) is 0 Å². The van der Waals surface area contributed by atoms with E-state index in [1.165, 1.54) is 0 Å². The minimum atomic E-state index is 0. The van der Waals surface area contributed by atoms with E-state index in [9.17, 15) is 0 Å². The molecule has 1 aliphatic heterocycles. The largest absolute Gasteiger partial charge is 0.376 e. The summed E-state index contributed by atoms with van der Waals surface area (Å²) < 4.78 is 7.68. The number of ether oxygens (including phenoxy) is 1. The van der Waals surface area contributed by atoms with Gasteiger partial charge in [-0.15, -0.1) is 24.0 Å². The highest BCUT2D eigenvalue weighted by Crippen LogP contribution is 2.10. The second-order valence-corrected chi connectivity index (χ2v) is 4.68. The summed E-state index contributed by atoms with van der Waals surface area (Å²) >= 11 is 0. The maximum Gasteiger partial charge on any atom is 0.191 e. The number of hydrogen-bond donors (Lipinski definition) is 2. The van der Waals surface area contributed by atoms with Crippen LogP contribution in [-0.4, -0.2) is 48.4 Å². The minimum Gasteiger partial charge on any atom is -0.376 e. The summed E-state index contributed by atoms with van der Waals surface area (Å²) in [6, 6.07) is 0. The number of imidazole rings is 1. The Morgan fingerprint density at radius 3 is 3.00 bits per heavy atom. The van der Waals surface area contributed by atoms with E-state index in [1.54, 1.807) is 7.05 Å². The molecule has 7 heteroatoms. The van der Waals surface area contributed by atoms with Crippen molar-refractivity contribution in [2.45, 2.75) is 32.4 Å². The number of guanidine groups is 1. The Kier molecular flexibility index (Phi) is 7.90. The van der Waals surface area contributed by atoms with Crippen LogP contribution in [0.3, 0.4) is 0 Å². The van der Waals surface area contributed by atoms with Gasteiger partial charge in [0.25, 0.3) is 0 Å². The molecule has 6 nitrogen and oxygen atoms in total. The number of hydrogen-bond acceptors (Lipinski definition) is 3. The van der Waals surface area contributed by atoms with E-state index in [2.05, 4.69) is 25.2 Å². The first-order valence-electron chi connectivity index (χ1n) is 6.83. The molecule has 1 unspecified atom stereocenters. The van der Waals surface area contributed by atoms with Gasteiger partial charge in [-0.3, -0.25) is 4.99 Å². The molecule has 0 aliphatic carbocycles. The topological polar surface area (TPSA) is 63.5 Å². The molecule has 0 bridgehead atoms. The van der Waals surface area contributed by atoms with Crippen molar-refractivity contribution in [1.82, 2.24) is 20.2 Å². The van der Waals surface area contributed by atoms with E-state index in [1.807, 2.05) is 19.3 Å². The highest BCUT2D eigenvalue weighted by molar-refractivity contribution is 14.0. The average Bonchev–Trinajstić information content (AvgIpc) is 3.06. The van der Waals surface area contributed by atoms with Crippen LogP contribution in [0.2, 0.25) is 0 Å². The first-order valence-corrected chi connectivity index (χ1v) is 6.83. The summed E-state index contributed by atoms with van der Waals surface area (Å²) in [5.74, 6) is 1.86. The highest BCUT2D eigenvalue weighted by atomic mass is 127. The number of nitrogens with zero attached hydrogens (tertiary/aromatic N) is 3. The molecule has 1 aliphatic rings. The normalized spacial score (nSPS) is 18.7. The van der Waals surface area contributed by atoms with Crippen LogP contribution in [0.5, 0.6) is 0 Å². The number of aryl methyl sites for hydroxylation is 1. The Bertz CT molecular complexity index is 415. The first-order chi connectivity index (χ1) is 9.29. The third-order valence-electron chi connectivity index (χ3n) is 3.31. The van der Waals surface area contributed by atoms with Crippen molar-refractivity contribution in [3.05, 3.63) is 18.2 Å². The van der Waals surface area contributed by atoms with Crippen molar-refractivity contribution in [3.63, 3.8) is 0 Å². The van der Waals surface area contributed by atoms with E-state index in [-0.39, 0.29) is 24.0 Å². The smallest absolute Gasteiger partial charge is 0.191 e. The van der Waals surface area contributed by atoms with Crippen LogP contribution in [0.1, 0.15) is 18.7 Å². The zero-order chi connectivity index (χ0) is 13.5. The summed E-state index contributed by atoms with van der Waals surface area (Å²) in [5.41, 5.74) is 0. The summed E-state index contributed by atoms with van der Waals surface area (Å²) in [5, 5.41) is 6.59. The minimum absolute atomic E-state index is 0. The van der Waals surface area contributed by atoms with Crippen molar-refractivity contribution < 1.29 is 4.74 Å². The first kappa shape index (κ1) is 17.2. The summed E-state index contributed by atoms with van der Waals surface area (Å²) in [7, 11) is 1.79. The highest BCUT2D eigenvalue weighted by Gasteiger charge is 2.15. The lowest BCUT2D eigenvalue weighted by molar-refractivity contribution is 0.114. The Morgan fingerprint density at radius 1 is 1.55 bits per heavy atom. The molecular formula is C13H24IN5O. The summed E-state index contributed by atoms with van der Waals surface area (Å²) in [6.07, 6.45) is 6.44. The van der Waals surface area contributed by atoms with Gasteiger partial charge in [-0.1, -0.05) is 0 Å². The molecule has 1 aromatic heterocycles. The van der Waals surface area contributed by atoms with E-state index in [0.717, 1.165) is 50.9 Å². The quantitative estimate of drug-likeness (QED) is 0.448. The van der Waals surface area contributed by atoms with Gasteiger partial charge in [-0.2, -0.15) is 0 Å². The molecule has 1 atom stereocenters. The molecular weight excluding hydrogens is 369 g/mol. The monoisotopic (exact) mass is 393 g/mol. The molecule has 0 radical (unpaired) electrons. The van der Waals surface area contributed by atoms with Crippen LogP contribution in [-0.2, 0) is 11.3 Å². The number of aromatic nitrogens is 2. The molecule has 0 aromatic carbocycles. The number of aliphatic imine (C=N–C) groups is 1. The Labute approximate surface area is 137 Å². The van der Waals surface area contributed by atoms with Gasteiger partial charge in [-0.05, 0) is 19.8 Å². The van der Waals surface area contributed by atoms with Gasteiger partial charge in [0.2, 0.25) is 0 Å². The molecule has 114 valence electrons. The van der Waals surface area contributed by atoms with Gasteiger partial charge < -0.3 is 19.9 Å². The molecule has 0 spiro atoms. The van der Waals surface area contributed by atoms with Gasteiger partial charge in [0.1, 0.15) is 5.82 Å². The van der Waals surface area contributed by atoms with Gasteiger partial charge in [0.15, 0.2) is 5.96 Å². The van der Waals surface area contributed by atoms with Crippen LogP contribution < -0.4 is 10.6 Å². The molecule has 2 rings (SSSR count). The maximum atomic E-state index is 5.57. The molecule has 1 aromatic rings. The fraction of sp³-hybridized carbons (Fsp3) is 0.692. The standard InChI is InChI=1S/C13H23N5O.HI/c1-11-15-5-7-18(11)8-6-16-13(14-2)17-10-12-4-3-9-19-12;/h5,7,12H,3-4,6,8-10H2,1-2H3,(H2,14,16,17);1H. The molecule has 1 fully saturated rings. The van der Waals surface area contributed by atoms with Crippen molar-refractivity contribution in [2.24, 2.45) is 4.99 Å². The van der Waals surface area contributed by atoms with Crippen LogP contribution >= 0.6 is 24.0 Å².